The summed E-state index contributed by atoms with van der Waals surface area (Å²) in [4.78, 5) is 0. The normalized spacial score (nSPS) is 10.4. The number of nitrogen functional groups attached to an aromatic ring is 1. The molecule has 2 aromatic rings. The van der Waals surface area contributed by atoms with Gasteiger partial charge in [-0.25, -0.2) is 0 Å². The maximum absolute atomic E-state index is 5.62. The van der Waals surface area contributed by atoms with E-state index in [4.69, 9.17) is 10.3 Å². The van der Waals surface area contributed by atoms with Crippen LogP contribution in [0.2, 0.25) is 0 Å². The van der Waals surface area contributed by atoms with E-state index in [1.54, 1.807) is 6.20 Å². The second kappa shape index (κ2) is 3.46. The molecule has 72 valence electrons. The van der Waals surface area contributed by atoms with Gasteiger partial charge < -0.3 is 10.3 Å². The highest BCUT2D eigenvalue weighted by Crippen LogP contribution is 2.28. The van der Waals surface area contributed by atoms with Gasteiger partial charge >= 0.3 is 0 Å². The van der Waals surface area contributed by atoms with Crippen LogP contribution in [0.4, 0.5) is 5.88 Å². The third kappa shape index (κ3) is 1.53. The van der Waals surface area contributed by atoms with Crippen molar-refractivity contribution in [2.45, 2.75) is 6.92 Å². The molecule has 14 heavy (non-hydrogen) atoms. The Hall–Kier alpha value is -1.29. The Bertz CT molecular complexity index is 465. The number of aromatic nitrogens is 1. The smallest absolute Gasteiger partial charge is 0.229 e. The molecule has 0 aliphatic heterocycles. The lowest BCUT2D eigenvalue weighted by Crippen LogP contribution is -1.85. The molecule has 0 saturated heterocycles. The molecule has 0 amide bonds. The Morgan fingerprint density at radius 1 is 1.43 bits per heavy atom. The number of hydrogen-bond acceptors (Lipinski definition) is 3. The van der Waals surface area contributed by atoms with Gasteiger partial charge in [-0.1, -0.05) is 33.2 Å². The number of anilines is 1. The molecule has 2 N–H and O–H groups in total. The Morgan fingerprint density at radius 2 is 2.21 bits per heavy atom. The van der Waals surface area contributed by atoms with E-state index in [1.807, 2.05) is 25.1 Å². The Balaban J connectivity index is 2.53. The van der Waals surface area contributed by atoms with E-state index in [9.17, 15) is 0 Å². The quantitative estimate of drug-likeness (QED) is 0.849. The molecule has 0 atom stereocenters. The summed E-state index contributed by atoms with van der Waals surface area (Å²) >= 11 is 3.44. The van der Waals surface area contributed by atoms with Gasteiger partial charge in [-0.15, -0.1) is 0 Å². The maximum atomic E-state index is 5.62. The zero-order valence-electron chi connectivity index (χ0n) is 7.62. The van der Waals surface area contributed by atoms with E-state index in [-0.39, 0.29) is 0 Å². The number of hydrogen-bond donors (Lipinski definition) is 1. The van der Waals surface area contributed by atoms with Gasteiger partial charge in [0.05, 0.1) is 11.8 Å². The van der Waals surface area contributed by atoms with Crippen LogP contribution in [0, 0.1) is 6.92 Å². The summed E-state index contributed by atoms with van der Waals surface area (Å²) in [6, 6.07) is 5.99. The first kappa shape index (κ1) is 9.27. The largest absolute Gasteiger partial charge is 0.367 e. The van der Waals surface area contributed by atoms with Crippen LogP contribution in [0.1, 0.15) is 5.56 Å². The number of nitrogens with zero attached hydrogens (tertiary/aromatic N) is 1. The van der Waals surface area contributed by atoms with E-state index in [1.165, 1.54) is 0 Å². The molecule has 0 aliphatic carbocycles. The summed E-state index contributed by atoms with van der Waals surface area (Å²) in [5, 5.41) is 3.64. The van der Waals surface area contributed by atoms with Crippen LogP contribution in [-0.2, 0) is 0 Å². The van der Waals surface area contributed by atoms with Crippen molar-refractivity contribution in [1.29, 1.82) is 0 Å². The molecule has 0 saturated carbocycles. The number of rotatable bonds is 1. The first-order valence-corrected chi connectivity index (χ1v) is 4.94. The first-order valence-electron chi connectivity index (χ1n) is 4.15. The standard InChI is InChI=1S/C10H9BrN2O/c1-6-4-7(2-3-9(6)11)8-5-13-14-10(8)12/h2-5H,12H2,1H3. The van der Waals surface area contributed by atoms with Crippen LogP contribution in [0.15, 0.2) is 33.4 Å². The maximum Gasteiger partial charge on any atom is 0.229 e. The lowest BCUT2D eigenvalue weighted by Gasteiger charge is -2.01. The van der Waals surface area contributed by atoms with Crippen molar-refractivity contribution in [3.05, 3.63) is 34.4 Å². The summed E-state index contributed by atoms with van der Waals surface area (Å²) in [5.41, 5.74) is 8.63. The second-order valence-corrected chi connectivity index (χ2v) is 3.92. The molecule has 0 spiro atoms. The van der Waals surface area contributed by atoms with Crippen molar-refractivity contribution in [2.75, 3.05) is 5.73 Å². The van der Waals surface area contributed by atoms with Gasteiger partial charge in [-0.3, -0.25) is 0 Å². The van der Waals surface area contributed by atoms with Crippen molar-refractivity contribution in [2.24, 2.45) is 0 Å². The van der Waals surface area contributed by atoms with Crippen LogP contribution < -0.4 is 5.73 Å². The Kier molecular flexibility index (Phi) is 2.29. The van der Waals surface area contributed by atoms with Crippen LogP contribution in [0.3, 0.4) is 0 Å². The fourth-order valence-corrected chi connectivity index (χ4v) is 1.52. The topological polar surface area (TPSA) is 52.0 Å². The molecule has 1 aromatic carbocycles. The van der Waals surface area contributed by atoms with Gasteiger partial charge in [0.25, 0.3) is 0 Å². The van der Waals surface area contributed by atoms with E-state index >= 15 is 0 Å². The van der Waals surface area contributed by atoms with Gasteiger partial charge in [0.2, 0.25) is 5.88 Å². The molecular weight excluding hydrogens is 244 g/mol. The summed E-state index contributed by atoms with van der Waals surface area (Å²) < 4.78 is 5.88. The minimum absolute atomic E-state index is 0.353. The summed E-state index contributed by atoms with van der Waals surface area (Å²) in [6.07, 6.45) is 1.62. The molecule has 3 nitrogen and oxygen atoms in total. The number of nitrogens with two attached hydrogens (primary N) is 1. The van der Waals surface area contributed by atoms with Gasteiger partial charge in [-0.05, 0) is 24.1 Å². The lowest BCUT2D eigenvalue weighted by atomic mass is 10.1. The fraction of sp³-hybridized carbons (Fsp3) is 0.100. The number of halogens is 1. The Labute approximate surface area is 90.0 Å². The molecule has 0 bridgehead atoms. The molecular formula is C10H9BrN2O. The highest BCUT2D eigenvalue weighted by atomic mass is 79.9. The monoisotopic (exact) mass is 252 g/mol. The molecule has 0 aliphatic rings. The van der Waals surface area contributed by atoms with Crippen molar-refractivity contribution >= 4 is 21.8 Å². The molecule has 0 radical (unpaired) electrons. The van der Waals surface area contributed by atoms with Gasteiger partial charge in [0.15, 0.2) is 0 Å². The summed E-state index contributed by atoms with van der Waals surface area (Å²) in [7, 11) is 0. The van der Waals surface area contributed by atoms with E-state index in [2.05, 4.69) is 21.1 Å². The van der Waals surface area contributed by atoms with Gasteiger partial charge in [0, 0.05) is 4.47 Å². The molecule has 2 rings (SSSR count). The zero-order chi connectivity index (χ0) is 10.1. The van der Waals surface area contributed by atoms with Gasteiger partial charge in [0.1, 0.15) is 0 Å². The van der Waals surface area contributed by atoms with Crippen LogP contribution in [-0.4, -0.2) is 5.16 Å². The van der Waals surface area contributed by atoms with E-state index in [0.717, 1.165) is 21.2 Å². The van der Waals surface area contributed by atoms with Crippen LogP contribution >= 0.6 is 15.9 Å². The third-order valence-electron chi connectivity index (χ3n) is 2.07. The average Bonchev–Trinajstić information content (AvgIpc) is 2.57. The fourth-order valence-electron chi connectivity index (χ4n) is 1.28. The first-order chi connectivity index (χ1) is 6.68. The minimum atomic E-state index is 0.353. The molecule has 1 heterocycles. The summed E-state index contributed by atoms with van der Waals surface area (Å²) in [5.74, 6) is 0.353. The zero-order valence-corrected chi connectivity index (χ0v) is 9.21. The predicted molar refractivity (Wildman–Crippen MR) is 58.8 cm³/mol. The minimum Gasteiger partial charge on any atom is -0.367 e. The molecule has 1 aromatic heterocycles. The SMILES string of the molecule is Cc1cc(-c2cnoc2N)ccc1Br. The van der Waals surface area contributed by atoms with Crippen LogP contribution in [0.5, 0.6) is 0 Å². The highest BCUT2D eigenvalue weighted by Gasteiger charge is 2.07. The average molecular weight is 253 g/mol. The number of benzene rings is 1. The Morgan fingerprint density at radius 3 is 2.79 bits per heavy atom. The van der Waals surface area contributed by atoms with E-state index < -0.39 is 0 Å². The second-order valence-electron chi connectivity index (χ2n) is 3.07. The van der Waals surface area contributed by atoms with Crippen molar-refractivity contribution in [3.63, 3.8) is 0 Å². The van der Waals surface area contributed by atoms with Crippen molar-refractivity contribution in [3.8, 4) is 11.1 Å². The van der Waals surface area contributed by atoms with Crippen molar-refractivity contribution < 1.29 is 4.52 Å². The highest BCUT2D eigenvalue weighted by molar-refractivity contribution is 9.10. The number of aryl methyl sites for hydroxylation is 1. The third-order valence-corrected chi connectivity index (χ3v) is 2.96. The molecule has 0 fully saturated rings. The molecule has 0 unspecified atom stereocenters. The lowest BCUT2D eigenvalue weighted by molar-refractivity contribution is 0.436. The molecule has 4 heteroatoms. The van der Waals surface area contributed by atoms with E-state index in [0.29, 0.717) is 5.88 Å². The predicted octanol–water partition coefficient (Wildman–Crippen LogP) is 2.99. The summed E-state index contributed by atoms with van der Waals surface area (Å²) in [6.45, 7) is 2.03. The van der Waals surface area contributed by atoms with Crippen molar-refractivity contribution in [1.82, 2.24) is 5.16 Å². The van der Waals surface area contributed by atoms with Gasteiger partial charge in [-0.2, -0.15) is 0 Å². The van der Waals surface area contributed by atoms with Crippen LogP contribution in [0.25, 0.3) is 11.1 Å².